The Hall–Kier alpha value is -1.11. The molecule has 1 aliphatic heterocycles. The van der Waals surface area contributed by atoms with E-state index in [-0.39, 0.29) is 11.9 Å². The predicted octanol–water partition coefficient (Wildman–Crippen LogP) is 1.27. The molecule has 0 spiro atoms. The minimum atomic E-state index is -0.467. The summed E-state index contributed by atoms with van der Waals surface area (Å²) in [5, 5.41) is 2.68. The Kier molecular flexibility index (Phi) is 3.98. The monoisotopic (exact) mass is 345 g/mol. The predicted molar refractivity (Wildman–Crippen MR) is 70.4 cm³/mol. The van der Waals surface area contributed by atoms with Gasteiger partial charge >= 0.3 is 5.97 Å². The average Bonchev–Trinajstić information content (AvgIpc) is 2.64. The van der Waals surface area contributed by atoms with Gasteiger partial charge in [0.05, 0.1) is 13.0 Å². The first kappa shape index (κ1) is 12.3. The summed E-state index contributed by atoms with van der Waals surface area (Å²) in [5.41, 5.74) is 0.945. The maximum absolute atomic E-state index is 11.7. The van der Waals surface area contributed by atoms with Gasteiger partial charge in [-0.15, -0.1) is 0 Å². The Morgan fingerprint density at radius 3 is 3.00 bits per heavy atom. The molecular formula is C12H12INO3. The number of rotatable bonds is 3. The lowest BCUT2D eigenvalue weighted by molar-refractivity contribution is -0.141. The summed E-state index contributed by atoms with van der Waals surface area (Å²) in [6.45, 7) is 0.396. The van der Waals surface area contributed by atoms with Crippen LogP contribution in [0.5, 0.6) is 0 Å². The molecule has 1 saturated heterocycles. The summed E-state index contributed by atoms with van der Waals surface area (Å²) in [5.74, 6) is -0.475. The minimum absolute atomic E-state index is 0.143. The lowest BCUT2D eigenvalue weighted by Crippen LogP contribution is -2.38. The van der Waals surface area contributed by atoms with Gasteiger partial charge in [0.1, 0.15) is 6.04 Å². The van der Waals surface area contributed by atoms with Crippen molar-refractivity contribution in [1.29, 1.82) is 0 Å². The molecule has 1 aliphatic rings. The van der Waals surface area contributed by atoms with E-state index in [9.17, 15) is 9.59 Å². The Labute approximate surface area is 113 Å². The highest BCUT2D eigenvalue weighted by Crippen LogP contribution is 2.09. The lowest BCUT2D eigenvalue weighted by Gasteiger charge is -2.08. The largest absolute Gasteiger partial charge is 0.464 e. The number of ether oxygens (including phenoxy) is 1. The van der Waals surface area contributed by atoms with Crippen LogP contribution in [0.25, 0.3) is 0 Å². The van der Waals surface area contributed by atoms with Crippen molar-refractivity contribution in [1.82, 2.24) is 5.32 Å². The number of nitrogens with one attached hydrogen (secondary N) is 1. The zero-order chi connectivity index (χ0) is 12.3. The molecule has 1 fully saturated rings. The van der Waals surface area contributed by atoms with E-state index in [4.69, 9.17) is 4.74 Å². The van der Waals surface area contributed by atoms with Crippen LogP contribution in [0.2, 0.25) is 0 Å². The van der Waals surface area contributed by atoms with E-state index in [1.165, 1.54) is 0 Å². The molecule has 1 atom stereocenters. The molecule has 1 amide bonds. The van der Waals surface area contributed by atoms with Gasteiger partial charge in [-0.05, 0) is 40.3 Å². The molecule has 1 heterocycles. The summed E-state index contributed by atoms with van der Waals surface area (Å²) in [7, 11) is 0. The molecule has 0 aromatic heterocycles. The molecule has 2 rings (SSSR count). The lowest BCUT2D eigenvalue weighted by atomic mass is 10.1. The van der Waals surface area contributed by atoms with Crippen molar-refractivity contribution in [3.63, 3.8) is 0 Å². The molecule has 4 nitrogen and oxygen atoms in total. The van der Waals surface area contributed by atoms with Gasteiger partial charge < -0.3 is 10.1 Å². The number of hydrogen-bond acceptors (Lipinski definition) is 3. The van der Waals surface area contributed by atoms with Crippen molar-refractivity contribution in [3.05, 3.63) is 33.4 Å². The van der Waals surface area contributed by atoms with Crippen molar-refractivity contribution in [2.75, 3.05) is 6.61 Å². The molecule has 0 bridgehead atoms. The number of hydrogen-bond donors (Lipinski definition) is 1. The van der Waals surface area contributed by atoms with Crippen LogP contribution in [-0.4, -0.2) is 24.5 Å². The first-order valence-corrected chi connectivity index (χ1v) is 6.43. The molecule has 0 radical (unpaired) electrons. The summed E-state index contributed by atoms with van der Waals surface area (Å²) in [6, 6.07) is 7.26. The van der Waals surface area contributed by atoms with E-state index in [1.807, 2.05) is 24.3 Å². The van der Waals surface area contributed by atoms with E-state index >= 15 is 0 Å². The third-order valence-corrected chi connectivity index (χ3v) is 3.20. The van der Waals surface area contributed by atoms with Crippen LogP contribution in [0.3, 0.4) is 0 Å². The summed E-state index contributed by atoms with van der Waals surface area (Å²) in [6.07, 6.45) is 0.859. The van der Waals surface area contributed by atoms with Gasteiger partial charge in [0.2, 0.25) is 5.91 Å². The van der Waals surface area contributed by atoms with E-state index in [0.717, 1.165) is 9.13 Å². The number of amides is 1. The van der Waals surface area contributed by atoms with E-state index < -0.39 is 6.04 Å². The number of cyclic esters (lactones) is 1. The van der Waals surface area contributed by atoms with Gasteiger partial charge in [0, 0.05) is 9.99 Å². The molecular weight excluding hydrogens is 333 g/mol. The van der Waals surface area contributed by atoms with Crippen LogP contribution in [0, 0.1) is 3.57 Å². The van der Waals surface area contributed by atoms with Gasteiger partial charge in [-0.3, -0.25) is 4.79 Å². The maximum Gasteiger partial charge on any atom is 0.328 e. The second-order valence-electron chi connectivity index (χ2n) is 3.88. The molecule has 0 aliphatic carbocycles. The van der Waals surface area contributed by atoms with Crippen molar-refractivity contribution in [2.24, 2.45) is 0 Å². The van der Waals surface area contributed by atoms with Gasteiger partial charge in [0.15, 0.2) is 0 Å². The van der Waals surface area contributed by atoms with Gasteiger partial charge in [0.25, 0.3) is 0 Å². The summed E-state index contributed by atoms with van der Waals surface area (Å²) < 4.78 is 5.87. The van der Waals surface area contributed by atoms with Crippen LogP contribution in [0.1, 0.15) is 12.0 Å². The van der Waals surface area contributed by atoms with Crippen molar-refractivity contribution in [2.45, 2.75) is 18.9 Å². The fourth-order valence-corrected chi connectivity index (χ4v) is 2.31. The third kappa shape index (κ3) is 3.42. The summed E-state index contributed by atoms with van der Waals surface area (Å²) in [4.78, 5) is 22.9. The third-order valence-electron chi connectivity index (χ3n) is 2.52. The number of esters is 1. The number of carbonyl (C=O) groups excluding carboxylic acids is 2. The van der Waals surface area contributed by atoms with E-state index in [2.05, 4.69) is 27.9 Å². The Balaban J connectivity index is 1.91. The fourth-order valence-electron chi connectivity index (χ4n) is 1.70. The normalized spacial score (nSPS) is 18.9. The summed E-state index contributed by atoms with van der Waals surface area (Å²) >= 11 is 2.20. The molecule has 1 N–H and O–H groups in total. The van der Waals surface area contributed by atoms with E-state index in [0.29, 0.717) is 19.4 Å². The second-order valence-corrected chi connectivity index (χ2v) is 5.13. The zero-order valence-electron chi connectivity index (χ0n) is 9.11. The smallest absolute Gasteiger partial charge is 0.328 e. The van der Waals surface area contributed by atoms with Crippen LogP contribution >= 0.6 is 22.6 Å². The van der Waals surface area contributed by atoms with Crippen LogP contribution in [-0.2, 0) is 20.7 Å². The zero-order valence-corrected chi connectivity index (χ0v) is 11.3. The number of halogens is 1. The first-order valence-electron chi connectivity index (χ1n) is 5.35. The molecule has 0 unspecified atom stereocenters. The highest BCUT2D eigenvalue weighted by Gasteiger charge is 2.27. The average molecular weight is 345 g/mol. The maximum atomic E-state index is 11.7. The SMILES string of the molecule is O=C(Cc1cccc(I)c1)N[C@H]1CCOC1=O. The minimum Gasteiger partial charge on any atom is -0.464 e. The number of benzene rings is 1. The van der Waals surface area contributed by atoms with Crippen molar-refractivity contribution < 1.29 is 14.3 Å². The number of carbonyl (C=O) groups is 2. The van der Waals surface area contributed by atoms with Crippen LogP contribution in [0.4, 0.5) is 0 Å². The highest BCUT2D eigenvalue weighted by molar-refractivity contribution is 14.1. The Morgan fingerprint density at radius 2 is 2.35 bits per heavy atom. The van der Waals surface area contributed by atoms with Crippen molar-refractivity contribution in [3.8, 4) is 0 Å². The highest BCUT2D eigenvalue weighted by atomic mass is 127. The second kappa shape index (κ2) is 5.48. The molecule has 0 saturated carbocycles. The quantitative estimate of drug-likeness (QED) is 0.663. The first-order chi connectivity index (χ1) is 8.15. The Morgan fingerprint density at radius 1 is 1.53 bits per heavy atom. The molecule has 1 aromatic rings. The van der Waals surface area contributed by atoms with Gasteiger partial charge in [-0.2, -0.15) is 0 Å². The molecule has 5 heteroatoms. The van der Waals surface area contributed by atoms with Crippen molar-refractivity contribution >= 4 is 34.5 Å². The van der Waals surface area contributed by atoms with Crippen LogP contribution in [0.15, 0.2) is 24.3 Å². The van der Waals surface area contributed by atoms with E-state index in [1.54, 1.807) is 0 Å². The van der Waals surface area contributed by atoms with Gasteiger partial charge in [-0.25, -0.2) is 4.79 Å². The van der Waals surface area contributed by atoms with Gasteiger partial charge in [-0.1, -0.05) is 12.1 Å². The molecule has 17 heavy (non-hydrogen) atoms. The Bertz CT molecular complexity index is 447. The topological polar surface area (TPSA) is 55.4 Å². The standard InChI is InChI=1S/C12H12INO3/c13-9-3-1-2-8(6-9)7-11(15)14-10-4-5-17-12(10)16/h1-3,6,10H,4-5,7H2,(H,14,15)/t10-/m0/s1. The van der Waals surface area contributed by atoms with Crippen LogP contribution < -0.4 is 5.32 Å². The molecule has 90 valence electrons. The molecule has 1 aromatic carbocycles. The fraction of sp³-hybridized carbons (Fsp3) is 0.333.